The Morgan fingerprint density at radius 1 is 1.40 bits per heavy atom. The molecule has 5 heteroatoms. The highest BCUT2D eigenvalue weighted by Crippen LogP contribution is 2.23. The molecule has 0 spiro atoms. The second-order valence-corrected chi connectivity index (χ2v) is 4.98. The van der Waals surface area contributed by atoms with E-state index in [1.54, 1.807) is 7.11 Å². The van der Waals surface area contributed by atoms with Gasteiger partial charge >= 0.3 is 0 Å². The molecule has 0 amide bonds. The lowest BCUT2D eigenvalue weighted by atomic mass is 10.2. The Morgan fingerprint density at radius 3 is 2.73 bits per heavy atom. The molecule has 1 aliphatic carbocycles. The number of ether oxygens (including phenoxy) is 1. The summed E-state index contributed by atoms with van der Waals surface area (Å²) in [5.74, 6) is 0.720. The first-order valence-electron chi connectivity index (χ1n) is 5.05. The third-order valence-electron chi connectivity index (χ3n) is 2.67. The van der Waals surface area contributed by atoms with E-state index in [9.17, 15) is 0 Å². The molecule has 2 unspecified atom stereocenters. The average Bonchev–Trinajstić information content (AvgIpc) is 2.69. The predicted molar refractivity (Wildman–Crippen MR) is 66.8 cm³/mol. The number of hydrogen-bond acceptors (Lipinski definition) is 4. The van der Waals surface area contributed by atoms with Crippen molar-refractivity contribution in [2.75, 3.05) is 12.4 Å². The van der Waals surface area contributed by atoms with E-state index in [2.05, 4.69) is 37.9 Å². The molecule has 4 nitrogen and oxygen atoms in total. The van der Waals surface area contributed by atoms with Crippen LogP contribution < -0.4 is 5.32 Å². The number of hydrogen-bond donors (Lipinski definition) is 1. The van der Waals surface area contributed by atoms with Gasteiger partial charge in [0, 0.05) is 29.1 Å². The van der Waals surface area contributed by atoms with E-state index >= 15 is 0 Å². The Morgan fingerprint density at radius 2 is 2.13 bits per heavy atom. The third kappa shape index (κ3) is 3.01. The summed E-state index contributed by atoms with van der Waals surface area (Å²) in [5.41, 5.74) is 0. The van der Waals surface area contributed by atoms with Gasteiger partial charge in [-0.2, -0.15) is 0 Å². The van der Waals surface area contributed by atoms with Gasteiger partial charge in [-0.3, -0.25) is 0 Å². The Bertz CT molecular complexity index is 317. The van der Waals surface area contributed by atoms with E-state index in [0.717, 1.165) is 28.8 Å². The van der Waals surface area contributed by atoms with Crippen molar-refractivity contribution < 1.29 is 4.74 Å². The van der Waals surface area contributed by atoms with Crippen LogP contribution in [0, 0.1) is 3.57 Å². The summed E-state index contributed by atoms with van der Waals surface area (Å²) in [7, 11) is 1.77. The molecule has 2 atom stereocenters. The molecule has 1 heterocycles. The number of nitrogens with one attached hydrogen (secondary N) is 1. The van der Waals surface area contributed by atoms with Gasteiger partial charge < -0.3 is 10.1 Å². The van der Waals surface area contributed by atoms with Gasteiger partial charge in [-0.05, 0) is 41.9 Å². The molecule has 1 fully saturated rings. The molecule has 1 N–H and O–H groups in total. The number of methoxy groups -OCH3 is 1. The van der Waals surface area contributed by atoms with Gasteiger partial charge in [0.2, 0.25) is 5.95 Å². The molecule has 1 aromatic rings. The molecule has 0 saturated heterocycles. The molecular formula is C10H14IN3O. The standard InChI is InChI=1S/C10H14IN3O/c1-15-9-3-2-8(4-9)14-10-12-5-7(11)6-13-10/h5-6,8-9H,2-4H2,1H3,(H,12,13,14). The van der Waals surface area contributed by atoms with Crippen LogP contribution in [0.25, 0.3) is 0 Å². The minimum absolute atomic E-state index is 0.395. The summed E-state index contributed by atoms with van der Waals surface area (Å²) in [6, 6.07) is 0.454. The first kappa shape index (κ1) is 11.1. The molecule has 1 saturated carbocycles. The zero-order valence-electron chi connectivity index (χ0n) is 8.61. The van der Waals surface area contributed by atoms with Crippen molar-refractivity contribution in [2.24, 2.45) is 0 Å². The minimum Gasteiger partial charge on any atom is -0.381 e. The van der Waals surface area contributed by atoms with Gasteiger partial charge in [0.25, 0.3) is 0 Å². The summed E-state index contributed by atoms with van der Waals surface area (Å²) < 4.78 is 6.37. The first-order chi connectivity index (χ1) is 7.28. The van der Waals surface area contributed by atoms with Crippen LogP contribution in [0.15, 0.2) is 12.4 Å². The topological polar surface area (TPSA) is 47.0 Å². The van der Waals surface area contributed by atoms with E-state index in [0.29, 0.717) is 12.1 Å². The predicted octanol–water partition coefficient (Wildman–Crippen LogP) is 2.06. The molecule has 82 valence electrons. The molecular weight excluding hydrogens is 305 g/mol. The van der Waals surface area contributed by atoms with Crippen LogP contribution in [0.4, 0.5) is 5.95 Å². The molecule has 1 aromatic heterocycles. The van der Waals surface area contributed by atoms with Crippen LogP contribution in [0.1, 0.15) is 19.3 Å². The van der Waals surface area contributed by atoms with Crippen LogP contribution in [-0.4, -0.2) is 29.2 Å². The monoisotopic (exact) mass is 319 g/mol. The lowest BCUT2D eigenvalue weighted by Crippen LogP contribution is -2.18. The summed E-state index contributed by atoms with van der Waals surface area (Å²) in [6.07, 6.45) is 7.33. The Labute approximate surface area is 103 Å². The van der Waals surface area contributed by atoms with Crippen LogP contribution in [0.2, 0.25) is 0 Å². The van der Waals surface area contributed by atoms with Crippen molar-refractivity contribution >= 4 is 28.5 Å². The second-order valence-electron chi connectivity index (χ2n) is 3.74. The summed E-state index contributed by atoms with van der Waals surface area (Å²) >= 11 is 2.20. The number of halogens is 1. The largest absolute Gasteiger partial charge is 0.381 e. The van der Waals surface area contributed by atoms with Crippen molar-refractivity contribution in [3.63, 3.8) is 0 Å². The normalized spacial score (nSPS) is 25.5. The lowest BCUT2D eigenvalue weighted by Gasteiger charge is -2.12. The highest BCUT2D eigenvalue weighted by molar-refractivity contribution is 14.1. The molecule has 0 aliphatic heterocycles. The molecule has 0 radical (unpaired) electrons. The third-order valence-corrected chi connectivity index (χ3v) is 3.23. The van der Waals surface area contributed by atoms with E-state index in [4.69, 9.17) is 4.74 Å². The van der Waals surface area contributed by atoms with E-state index in [-0.39, 0.29) is 0 Å². The maximum atomic E-state index is 5.32. The maximum absolute atomic E-state index is 5.32. The molecule has 15 heavy (non-hydrogen) atoms. The zero-order chi connectivity index (χ0) is 10.7. The van der Waals surface area contributed by atoms with Crippen molar-refractivity contribution in [2.45, 2.75) is 31.4 Å². The Kier molecular flexibility index (Phi) is 3.74. The van der Waals surface area contributed by atoms with Gasteiger partial charge in [0.05, 0.1) is 6.10 Å². The fourth-order valence-corrected chi connectivity index (χ4v) is 2.13. The minimum atomic E-state index is 0.395. The summed E-state index contributed by atoms with van der Waals surface area (Å²) in [6.45, 7) is 0. The van der Waals surface area contributed by atoms with Gasteiger partial charge in [0.1, 0.15) is 0 Å². The fraction of sp³-hybridized carbons (Fsp3) is 0.600. The van der Waals surface area contributed by atoms with Crippen LogP contribution in [-0.2, 0) is 4.74 Å². The van der Waals surface area contributed by atoms with Crippen molar-refractivity contribution in [3.8, 4) is 0 Å². The SMILES string of the molecule is COC1CCC(Nc2ncc(I)cn2)C1. The van der Waals surface area contributed by atoms with Crippen LogP contribution in [0.3, 0.4) is 0 Å². The van der Waals surface area contributed by atoms with Crippen molar-refractivity contribution in [1.82, 2.24) is 9.97 Å². The van der Waals surface area contributed by atoms with Gasteiger partial charge in [-0.15, -0.1) is 0 Å². The van der Waals surface area contributed by atoms with Gasteiger partial charge in [-0.1, -0.05) is 0 Å². The maximum Gasteiger partial charge on any atom is 0.222 e. The molecule has 0 aromatic carbocycles. The summed E-state index contributed by atoms with van der Waals surface area (Å²) in [4.78, 5) is 8.44. The van der Waals surface area contributed by atoms with Gasteiger partial charge in [-0.25, -0.2) is 9.97 Å². The highest BCUT2D eigenvalue weighted by Gasteiger charge is 2.24. The number of nitrogens with zero attached hydrogens (tertiary/aromatic N) is 2. The number of aromatic nitrogens is 2. The lowest BCUT2D eigenvalue weighted by molar-refractivity contribution is 0.108. The van der Waals surface area contributed by atoms with Crippen LogP contribution in [0.5, 0.6) is 0 Å². The van der Waals surface area contributed by atoms with Crippen LogP contribution >= 0.6 is 22.6 Å². The quantitative estimate of drug-likeness (QED) is 0.867. The Balaban J connectivity index is 1.90. The molecule has 1 aliphatic rings. The van der Waals surface area contributed by atoms with Crippen molar-refractivity contribution in [3.05, 3.63) is 16.0 Å². The number of anilines is 1. The zero-order valence-corrected chi connectivity index (χ0v) is 10.8. The Hall–Kier alpha value is -0.430. The molecule has 2 rings (SSSR count). The van der Waals surface area contributed by atoms with Gasteiger partial charge in [0.15, 0.2) is 0 Å². The average molecular weight is 319 g/mol. The summed E-state index contributed by atoms with van der Waals surface area (Å²) in [5, 5.41) is 3.33. The van der Waals surface area contributed by atoms with E-state index in [1.807, 2.05) is 12.4 Å². The van der Waals surface area contributed by atoms with E-state index < -0.39 is 0 Å². The smallest absolute Gasteiger partial charge is 0.222 e. The fourth-order valence-electron chi connectivity index (χ4n) is 1.85. The first-order valence-corrected chi connectivity index (χ1v) is 6.12. The molecule has 0 bridgehead atoms. The highest BCUT2D eigenvalue weighted by atomic mass is 127. The van der Waals surface area contributed by atoms with Crippen molar-refractivity contribution in [1.29, 1.82) is 0 Å². The van der Waals surface area contributed by atoms with E-state index in [1.165, 1.54) is 0 Å². The second kappa shape index (κ2) is 5.07. The number of rotatable bonds is 3.